The highest BCUT2D eigenvalue weighted by Crippen LogP contribution is 2.24. The fourth-order valence-corrected chi connectivity index (χ4v) is 1.59. The standard InChI is InChI=1S/C12H16N2O/c1-14(2)9-11-6-4-5-10(7-8-13)12(11)15-3/h4-6H,7,9H2,1-3H3. The highest BCUT2D eigenvalue weighted by Gasteiger charge is 2.08. The van der Waals surface area contributed by atoms with Crippen molar-refractivity contribution >= 4 is 0 Å². The Morgan fingerprint density at radius 1 is 1.33 bits per heavy atom. The van der Waals surface area contributed by atoms with Crippen molar-refractivity contribution in [1.29, 1.82) is 5.26 Å². The van der Waals surface area contributed by atoms with Gasteiger partial charge in [-0.05, 0) is 14.1 Å². The first kappa shape index (κ1) is 11.5. The molecule has 0 heterocycles. The molecular formula is C12H16N2O. The van der Waals surface area contributed by atoms with Crippen LogP contribution in [-0.2, 0) is 13.0 Å². The number of hydrogen-bond donors (Lipinski definition) is 0. The van der Waals surface area contributed by atoms with Gasteiger partial charge >= 0.3 is 0 Å². The van der Waals surface area contributed by atoms with Crippen molar-refractivity contribution in [1.82, 2.24) is 4.90 Å². The maximum Gasteiger partial charge on any atom is 0.127 e. The molecule has 0 aromatic heterocycles. The van der Waals surface area contributed by atoms with Gasteiger partial charge < -0.3 is 9.64 Å². The van der Waals surface area contributed by atoms with Crippen LogP contribution >= 0.6 is 0 Å². The fourth-order valence-electron chi connectivity index (χ4n) is 1.59. The molecule has 1 aromatic rings. The van der Waals surface area contributed by atoms with Gasteiger partial charge in [-0.25, -0.2) is 0 Å². The van der Waals surface area contributed by atoms with Gasteiger partial charge in [0.05, 0.1) is 19.6 Å². The number of rotatable bonds is 4. The lowest BCUT2D eigenvalue weighted by molar-refractivity contribution is 0.370. The van der Waals surface area contributed by atoms with E-state index >= 15 is 0 Å². The maximum absolute atomic E-state index is 8.70. The second-order valence-corrected chi connectivity index (χ2v) is 3.68. The quantitative estimate of drug-likeness (QED) is 0.750. The predicted octanol–water partition coefficient (Wildman–Crippen LogP) is 1.82. The summed E-state index contributed by atoms with van der Waals surface area (Å²) in [7, 11) is 5.67. The monoisotopic (exact) mass is 204 g/mol. The largest absolute Gasteiger partial charge is 0.496 e. The molecule has 0 atom stereocenters. The molecule has 0 saturated heterocycles. The van der Waals surface area contributed by atoms with Gasteiger partial charge in [0.1, 0.15) is 5.75 Å². The molecule has 0 amide bonds. The van der Waals surface area contributed by atoms with Crippen LogP contribution in [-0.4, -0.2) is 26.1 Å². The summed E-state index contributed by atoms with van der Waals surface area (Å²) in [6.45, 7) is 0.822. The predicted molar refractivity (Wildman–Crippen MR) is 59.7 cm³/mol. The number of para-hydroxylation sites is 1. The molecule has 3 nitrogen and oxygen atoms in total. The Labute approximate surface area is 90.9 Å². The van der Waals surface area contributed by atoms with Crippen LogP contribution in [0.15, 0.2) is 18.2 Å². The first-order valence-corrected chi connectivity index (χ1v) is 4.85. The fraction of sp³-hybridized carbons (Fsp3) is 0.417. The molecular weight excluding hydrogens is 188 g/mol. The van der Waals surface area contributed by atoms with Gasteiger partial charge in [0, 0.05) is 17.7 Å². The van der Waals surface area contributed by atoms with Gasteiger partial charge in [-0.2, -0.15) is 5.26 Å². The van der Waals surface area contributed by atoms with Crippen molar-refractivity contribution in [2.24, 2.45) is 0 Å². The van der Waals surface area contributed by atoms with Crippen molar-refractivity contribution in [3.05, 3.63) is 29.3 Å². The van der Waals surface area contributed by atoms with Crippen LogP contribution in [0, 0.1) is 11.3 Å². The Morgan fingerprint density at radius 2 is 2.00 bits per heavy atom. The minimum absolute atomic E-state index is 0.393. The molecule has 0 fully saturated rings. The number of nitrogens with zero attached hydrogens (tertiary/aromatic N) is 2. The van der Waals surface area contributed by atoms with Gasteiger partial charge in [0.15, 0.2) is 0 Å². The summed E-state index contributed by atoms with van der Waals surface area (Å²) in [6, 6.07) is 8.07. The van der Waals surface area contributed by atoms with Crippen LogP contribution < -0.4 is 4.74 Å². The van der Waals surface area contributed by atoms with E-state index in [0.29, 0.717) is 6.42 Å². The number of ether oxygens (including phenoxy) is 1. The summed E-state index contributed by atoms with van der Waals surface area (Å²) in [5, 5.41) is 8.70. The Morgan fingerprint density at radius 3 is 2.53 bits per heavy atom. The van der Waals surface area contributed by atoms with Gasteiger partial charge in [0.25, 0.3) is 0 Å². The molecule has 0 saturated carbocycles. The van der Waals surface area contributed by atoms with E-state index in [1.165, 1.54) is 0 Å². The zero-order valence-corrected chi connectivity index (χ0v) is 9.45. The lowest BCUT2D eigenvalue weighted by Gasteiger charge is -2.15. The minimum Gasteiger partial charge on any atom is -0.496 e. The van der Waals surface area contributed by atoms with E-state index in [1.54, 1.807) is 7.11 Å². The molecule has 0 aliphatic rings. The minimum atomic E-state index is 0.393. The van der Waals surface area contributed by atoms with E-state index in [-0.39, 0.29) is 0 Å². The average molecular weight is 204 g/mol. The summed E-state index contributed by atoms with van der Waals surface area (Å²) >= 11 is 0. The van der Waals surface area contributed by atoms with E-state index in [0.717, 1.165) is 23.4 Å². The molecule has 0 spiro atoms. The van der Waals surface area contributed by atoms with Gasteiger partial charge in [-0.1, -0.05) is 18.2 Å². The second-order valence-electron chi connectivity index (χ2n) is 3.68. The number of benzene rings is 1. The Balaban J connectivity index is 3.05. The van der Waals surface area contributed by atoms with Crippen molar-refractivity contribution in [2.75, 3.05) is 21.2 Å². The molecule has 0 N–H and O–H groups in total. The summed E-state index contributed by atoms with van der Waals surface area (Å²) in [6.07, 6.45) is 0.393. The van der Waals surface area contributed by atoms with Crippen molar-refractivity contribution in [2.45, 2.75) is 13.0 Å². The Bertz CT molecular complexity index is 366. The molecule has 80 valence electrons. The highest BCUT2D eigenvalue weighted by atomic mass is 16.5. The highest BCUT2D eigenvalue weighted by molar-refractivity contribution is 5.42. The first-order valence-electron chi connectivity index (χ1n) is 4.85. The molecule has 0 aliphatic heterocycles. The zero-order chi connectivity index (χ0) is 11.3. The van der Waals surface area contributed by atoms with Crippen LogP contribution in [0.3, 0.4) is 0 Å². The van der Waals surface area contributed by atoms with Gasteiger partial charge in [-0.15, -0.1) is 0 Å². The van der Waals surface area contributed by atoms with Gasteiger partial charge in [-0.3, -0.25) is 0 Å². The Hall–Kier alpha value is -1.53. The van der Waals surface area contributed by atoms with Crippen molar-refractivity contribution < 1.29 is 4.74 Å². The molecule has 0 aliphatic carbocycles. The lowest BCUT2D eigenvalue weighted by atomic mass is 10.1. The first-order chi connectivity index (χ1) is 7.19. The zero-order valence-electron chi connectivity index (χ0n) is 9.45. The van der Waals surface area contributed by atoms with E-state index in [1.807, 2.05) is 32.3 Å². The second kappa shape index (κ2) is 5.38. The smallest absolute Gasteiger partial charge is 0.127 e. The molecule has 1 rings (SSSR count). The van der Waals surface area contributed by atoms with E-state index in [4.69, 9.17) is 10.00 Å². The molecule has 15 heavy (non-hydrogen) atoms. The third kappa shape index (κ3) is 2.97. The SMILES string of the molecule is COc1c(CC#N)cccc1CN(C)C. The van der Waals surface area contributed by atoms with Crippen LogP contribution in [0.2, 0.25) is 0 Å². The van der Waals surface area contributed by atoms with Crippen LogP contribution in [0.25, 0.3) is 0 Å². The summed E-state index contributed by atoms with van der Waals surface area (Å²) in [5.41, 5.74) is 2.08. The molecule has 3 heteroatoms. The summed E-state index contributed by atoms with van der Waals surface area (Å²) in [4.78, 5) is 2.08. The van der Waals surface area contributed by atoms with E-state index < -0.39 is 0 Å². The Kier molecular flexibility index (Phi) is 4.14. The van der Waals surface area contributed by atoms with E-state index in [2.05, 4.69) is 11.0 Å². The number of hydrogen-bond acceptors (Lipinski definition) is 3. The van der Waals surface area contributed by atoms with E-state index in [9.17, 15) is 0 Å². The average Bonchev–Trinajstić information content (AvgIpc) is 2.18. The van der Waals surface area contributed by atoms with Gasteiger partial charge in [0.2, 0.25) is 0 Å². The lowest BCUT2D eigenvalue weighted by Crippen LogP contribution is -2.12. The topological polar surface area (TPSA) is 36.3 Å². The molecule has 0 bridgehead atoms. The molecule has 1 aromatic carbocycles. The molecule has 0 unspecified atom stereocenters. The third-order valence-corrected chi connectivity index (χ3v) is 2.14. The van der Waals surface area contributed by atoms with Crippen LogP contribution in [0.1, 0.15) is 11.1 Å². The number of nitriles is 1. The van der Waals surface area contributed by atoms with Crippen LogP contribution in [0.5, 0.6) is 5.75 Å². The summed E-state index contributed by atoms with van der Waals surface area (Å²) in [5.74, 6) is 0.841. The number of methoxy groups -OCH3 is 1. The van der Waals surface area contributed by atoms with Crippen LogP contribution in [0.4, 0.5) is 0 Å². The normalized spacial score (nSPS) is 10.1. The van der Waals surface area contributed by atoms with Crippen molar-refractivity contribution in [3.63, 3.8) is 0 Å². The maximum atomic E-state index is 8.70. The summed E-state index contributed by atoms with van der Waals surface area (Å²) < 4.78 is 5.35. The third-order valence-electron chi connectivity index (χ3n) is 2.14. The van der Waals surface area contributed by atoms with Crippen molar-refractivity contribution in [3.8, 4) is 11.8 Å². The molecule has 0 radical (unpaired) electrons.